The van der Waals surface area contributed by atoms with Gasteiger partial charge in [0.15, 0.2) is 0 Å². The maximum absolute atomic E-state index is 5.73. The number of hydrogen-bond acceptors (Lipinski definition) is 3. The molecule has 3 heteroatoms. The molecule has 3 nitrogen and oxygen atoms in total. The summed E-state index contributed by atoms with van der Waals surface area (Å²) in [7, 11) is 1.97. The Labute approximate surface area is 124 Å². The van der Waals surface area contributed by atoms with Crippen molar-refractivity contribution in [3.63, 3.8) is 0 Å². The van der Waals surface area contributed by atoms with E-state index in [0.29, 0.717) is 6.04 Å². The fourth-order valence-electron chi connectivity index (χ4n) is 2.32. The van der Waals surface area contributed by atoms with E-state index < -0.39 is 0 Å². The van der Waals surface area contributed by atoms with Gasteiger partial charge < -0.3 is 10.1 Å². The third-order valence-electron chi connectivity index (χ3n) is 3.64. The smallest absolute Gasteiger partial charge is 0.137 e. The number of hydrogen-bond donors (Lipinski definition) is 1. The van der Waals surface area contributed by atoms with Gasteiger partial charge in [0, 0.05) is 6.04 Å². The number of ether oxygens (including phenoxy) is 1. The Bertz CT molecular complexity index is 333. The second-order valence-corrected chi connectivity index (χ2v) is 5.28. The number of nitrogens with one attached hydrogen (secondary N) is 1. The van der Waals surface area contributed by atoms with E-state index >= 15 is 0 Å². The molecule has 0 saturated carbocycles. The first-order valence-electron chi connectivity index (χ1n) is 8.07. The predicted octanol–water partition coefficient (Wildman–Crippen LogP) is 4.49. The molecule has 0 aliphatic rings. The van der Waals surface area contributed by atoms with E-state index in [1.165, 1.54) is 32.1 Å². The van der Waals surface area contributed by atoms with Crippen LogP contribution in [0.3, 0.4) is 0 Å². The number of rotatable bonds is 11. The first-order valence-corrected chi connectivity index (χ1v) is 8.07. The molecule has 114 valence electrons. The minimum Gasteiger partial charge on any atom is -0.492 e. The third-order valence-corrected chi connectivity index (χ3v) is 3.64. The lowest BCUT2D eigenvalue weighted by Crippen LogP contribution is -2.16. The second kappa shape index (κ2) is 10.7. The Balaban J connectivity index is 2.21. The molecule has 1 heterocycles. The van der Waals surface area contributed by atoms with Crippen LogP contribution in [0.2, 0.25) is 0 Å². The number of pyridine rings is 1. The van der Waals surface area contributed by atoms with Crippen LogP contribution in [0.1, 0.15) is 70.5 Å². The number of nitrogens with zero attached hydrogens (tertiary/aromatic N) is 1. The molecule has 0 aliphatic heterocycles. The van der Waals surface area contributed by atoms with Gasteiger partial charge in [-0.1, -0.05) is 46.0 Å². The average Bonchev–Trinajstić information content (AvgIpc) is 2.49. The van der Waals surface area contributed by atoms with Gasteiger partial charge in [0.05, 0.1) is 18.5 Å². The lowest BCUT2D eigenvalue weighted by molar-refractivity contribution is 0.303. The Morgan fingerprint density at radius 3 is 2.45 bits per heavy atom. The molecule has 1 atom stereocenters. The number of aromatic nitrogens is 1. The predicted molar refractivity (Wildman–Crippen MR) is 85.2 cm³/mol. The molecule has 20 heavy (non-hydrogen) atoms. The Hall–Kier alpha value is -1.09. The SMILES string of the molecule is CCCCCCCCOc1ccc(C(CC)NC)nc1. The van der Waals surface area contributed by atoms with Crippen molar-refractivity contribution in [1.29, 1.82) is 0 Å². The van der Waals surface area contributed by atoms with Crippen LogP contribution in [-0.4, -0.2) is 18.6 Å². The fraction of sp³-hybridized carbons (Fsp3) is 0.706. The molecule has 1 unspecified atom stereocenters. The van der Waals surface area contributed by atoms with E-state index in [-0.39, 0.29) is 0 Å². The molecule has 0 radical (unpaired) electrons. The van der Waals surface area contributed by atoms with Gasteiger partial charge in [-0.05, 0) is 32.0 Å². The van der Waals surface area contributed by atoms with Crippen molar-refractivity contribution in [2.75, 3.05) is 13.7 Å². The third kappa shape index (κ3) is 6.38. The summed E-state index contributed by atoms with van der Waals surface area (Å²) in [6.45, 7) is 5.21. The first kappa shape index (κ1) is 17.0. The Kier molecular flexibility index (Phi) is 9.05. The highest BCUT2D eigenvalue weighted by atomic mass is 16.5. The van der Waals surface area contributed by atoms with Gasteiger partial charge in [0.1, 0.15) is 5.75 Å². The maximum Gasteiger partial charge on any atom is 0.137 e. The van der Waals surface area contributed by atoms with Gasteiger partial charge in [0.2, 0.25) is 0 Å². The van der Waals surface area contributed by atoms with Crippen LogP contribution in [0.15, 0.2) is 18.3 Å². The van der Waals surface area contributed by atoms with Crippen LogP contribution >= 0.6 is 0 Å². The van der Waals surface area contributed by atoms with Gasteiger partial charge in [-0.3, -0.25) is 4.98 Å². The Morgan fingerprint density at radius 1 is 1.10 bits per heavy atom. The molecule has 0 aliphatic carbocycles. The van der Waals surface area contributed by atoms with Crippen molar-refractivity contribution in [1.82, 2.24) is 10.3 Å². The highest BCUT2D eigenvalue weighted by Gasteiger charge is 2.07. The van der Waals surface area contributed by atoms with Crippen molar-refractivity contribution >= 4 is 0 Å². The van der Waals surface area contributed by atoms with E-state index in [4.69, 9.17) is 4.74 Å². The van der Waals surface area contributed by atoms with E-state index in [1.54, 1.807) is 0 Å². The van der Waals surface area contributed by atoms with E-state index in [0.717, 1.165) is 30.9 Å². The van der Waals surface area contributed by atoms with Crippen molar-refractivity contribution < 1.29 is 4.74 Å². The first-order chi connectivity index (χ1) is 9.81. The van der Waals surface area contributed by atoms with Crippen LogP contribution < -0.4 is 10.1 Å². The van der Waals surface area contributed by atoms with Crippen LogP contribution in [0.4, 0.5) is 0 Å². The molecule has 0 saturated heterocycles. The lowest BCUT2D eigenvalue weighted by atomic mass is 10.1. The molecule has 0 fully saturated rings. The molecule has 1 aromatic heterocycles. The van der Waals surface area contributed by atoms with E-state index in [1.807, 2.05) is 19.3 Å². The molecule has 0 spiro atoms. The normalized spacial score (nSPS) is 12.3. The summed E-state index contributed by atoms with van der Waals surface area (Å²) in [5.41, 5.74) is 1.09. The molecule has 1 aromatic rings. The summed E-state index contributed by atoms with van der Waals surface area (Å²) in [5.74, 6) is 0.883. The van der Waals surface area contributed by atoms with Crippen molar-refractivity contribution in [2.24, 2.45) is 0 Å². The van der Waals surface area contributed by atoms with Gasteiger partial charge >= 0.3 is 0 Å². The molecule has 1 rings (SSSR count). The van der Waals surface area contributed by atoms with Crippen molar-refractivity contribution in [3.8, 4) is 5.75 Å². The summed E-state index contributed by atoms with van der Waals surface area (Å²) < 4.78 is 5.73. The number of unbranched alkanes of at least 4 members (excludes halogenated alkanes) is 5. The van der Waals surface area contributed by atoms with E-state index in [9.17, 15) is 0 Å². The zero-order chi connectivity index (χ0) is 14.6. The summed E-state index contributed by atoms with van der Waals surface area (Å²) in [4.78, 5) is 4.47. The second-order valence-electron chi connectivity index (χ2n) is 5.28. The summed E-state index contributed by atoms with van der Waals surface area (Å²) in [6, 6.07) is 4.42. The lowest BCUT2D eigenvalue weighted by Gasteiger charge is -2.13. The standard InChI is InChI=1S/C17H30N2O/c1-4-6-7-8-9-10-13-20-15-11-12-17(19-14-15)16(5-2)18-3/h11-12,14,16,18H,4-10,13H2,1-3H3. The summed E-state index contributed by atoms with van der Waals surface area (Å²) >= 11 is 0. The van der Waals surface area contributed by atoms with Gasteiger partial charge in [-0.25, -0.2) is 0 Å². The van der Waals surface area contributed by atoms with Gasteiger partial charge in [-0.2, -0.15) is 0 Å². The average molecular weight is 278 g/mol. The molecule has 0 bridgehead atoms. The van der Waals surface area contributed by atoms with E-state index in [2.05, 4.69) is 30.2 Å². The topological polar surface area (TPSA) is 34.1 Å². The largest absolute Gasteiger partial charge is 0.492 e. The molecular formula is C17H30N2O. The summed E-state index contributed by atoms with van der Waals surface area (Å²) in [6.07, 6.45) is 10.6. The van der Waals surface area contributed by atoms with Gasteiger partial charge in [0.25, 0.3) is 0 Å². The van der Waals surface area contributed by atoms with Crippen molar-refractivity contribution in [3.05, 3.63) is 24.0 Å². The monoisotopic (exact) mass is 278 g/mol. The molecular weight excluding hydrogens is 248 g/mol. The van der Waals surface area contributed by atoms with Gasteiger partial charge in [-0.15, -0.1) is 0 Å². The minimum absolute atomic E-state index is 0.336. The zero-order valence-electron chi connectivity index (χ0n) is 13.3. The highest BCUT2D eigenvalue weighted by Crippen LogP contribution is 2.17. The molecule has 0 amide bonds. The van der Waals surface area contributed by atoms with Crippen molar-refractivity contribution in [2.45, 2.75) is 64.8 Å². The Morgan fingerprint density at radius 2 is 1.85 bits per heavy atom. The highest BCUT2D eigenvalue weighted by molar-refractivity contribution is 5.21. The van der Waals surface area contributed by atoms with Crippen LogP contribution in [0.5, 0.6) is 5.75 Å². The van der Waals surface area contributed by atoms with Crippen LogP contribution in [0.25, 0.3) is 0 Å². The maximum atomic E-state index is 5.73. The van der Waals surface area contributed by atoms with Crippen LogP contribution in [0, 0.1) is 0 Å². The quantitative estimate of drug-likeness (QED) is 0.605. The summed E-state index contributed by atoms with van der Waals surface area (Å²) in [5, 5.41) is 3.26. The van der Waals surface area contributed by atoms with Crippen LogP contribution in [-0.2, 0) is 0 Å². The zero-order valence-corrected chi connectivity index (χ0v) is 13.3. The fourth-order valence-corrected chi connectivity index (χ4v) is 2.32. The molecule has 1 N–H and O–H groups in total. The molecule has 0 aromatic carbocycles. The minimum atomic E-state index is 0.336.